The standard InChI is InChI=1S/C26H40N6O4/c1-4-16-36-26(34)31-22-12-13-27-21(17-30-14-8-9-15-30)23(22)24(32(31)29-19(2)18-35-3)28-25(33)20-10-6-5-7-11-20/h5-7,10-11,19,21,24,27,29H,4,8-9,12-18H2,1-3H3,(H,28,33). The van der Waals surface area contributed by atoms with Crippen LogP contribution in [0.15, 0.2) is 41.6 Å². The van der Waals surface area contributed by atoms with Crippen molar-refractivity contribution in [2.45, 2.75) is 57.8 Å². The number of carbonyl (C=O) groups excluding carboxylic acids is 2. The monoisotopic (exact) mass is 500 g/mol. The fourth-order valence-corrected chi connectivity index (χ4v) is 5.19. The number of nitrogens with one attached hydrogen (secondary N) is 3. The molecule has 1 fully saturated rings. The lowest BCUT2D eigenvalue weighted by Gasteiger charge is -2.36. The Morgan fingerprint density at radius 1 is 1.19 bits per heavy atom. The Balaban J connectivity index is 1.70. The lowest BCUT2D eigenvalue weighted by Crippen LogP contribution is -2.62. The molecular formula is C26H40N6O4. The van der Waals surface area contributed by atoms with E-state index in [1.807, 2.05) is 32.0 Å². The lowest BCUT2D eigenvalue weighted by atomic mass is 9.96. The number of methoxy groups -OCH3 is 1. The normalized spacial score (nSPS) is 23.6. The molecule has 3 atom stereocenters. The zero-order valence-electron chi connectivity index (χ0n) is 21.7. The molecule has 0 radical (unpaired) electrons. The summed E-state index contributed by atoms with van der Waals surface area (Å²) in [6, 6.07) is 9.04. The molecule has 2 amide bonds. The highest BCUT2D eigenvalue weighted by Gasteiger charge is 2.48. The number of amides is 2. The first kappa shape index (κ1) is 26.6. The smallest absolute Gasteiger partial charge is 0.430 e. The number of hydrogen-bond acceptors (Lipinski definition) is 8. The van der Waals surface area contributed by atoms with Gasteiger partial charge in [0.15, 0.2) is 0 Å². The lowest BCUT2D eigenvalue weighted by molar-refractivity contribution is -0.0621. The maximum Gasteiger partial charge on any atom is 0.430 e. The minimum Gasteiger partial charge on any atom is -0.448 e. The molecule has 0 aromatic heterocycles. The number of carbonyl (C=O) groups is 2. The van der Waals surface area contributed by atoms with E-state index in [-0.39, 0.29) is 18.0 Å². The Morgan fingerprint density at radius 2 is 1.94 bits per heavy atom. The van der Waals surface area contributed by atoms with Crippen LogP contribution < -0.4 is 16.1 Å². The zero-order chi connectivity index (χ0) is 25.5. The fourth-order valence-electron chi connectivity index (χ4n) is 5.19. The van der Waals surface area contributed by atoms with Crippen molar-refractivity contribution in [2.24, 2.45) is 0 Å². The van der Waals surface area contributed by atoms with Crippen LogP contribution in [-0.4, -0.2) is 91.8 Å². The highest BCUT2D eigenvalue weighted by Crippen LogP contribution is 2.35. The quantitative estimate of drug-likeness (QED) is 0.449. The van der Waals surface area contributed by atoms with Crippen LogP contribution in [-0.2, 0) is 9.47 Å². The van der Waals surface area contributed by atoms with Crippen molar-refractivity contribution in [3.63, 3.8) is 0 Å². The van der Waals surface area contributed by atoms with Gasteiger partial charge in [-0.3, -0.25) is 4.79 Å². The number of hydrogen-bond donors (Lipinski definition) is 3. The maximum atomic E-state index is 13.4. The summed E-state index contributed by atoms with van der Waals surface area (Å²) in [5.74, 6) is -0.201. The summed E-state index contributed by atoms with van der Waals surface area (Å²) in [5, 5.41) is 10.2. The molecule has 0 spiro atoms. The van der Waals surface area contributed by atoms with Crippen LogP contribution in [0, 0.1) is 0 Å². The molecule has 4 rings (SSSR count). The molecule has 1 aromatic rings. The molecule has 3 N–H and O–H groups in total. The van der Waals surface area contributed by atoms with E-state index in [1.54, 1.807) is 29.4 Å². The number of benzene rings is 1. The second-order valence-electron chi connectivity index (χ2n) is 9.66. The number of ether oxygens (including phenoxy) is 2. The Kier molecular flexibility index (Phi) is 9.33. The average Bonchev–Trinajstić information content (AvgIpc) is 3.50. The molecule has 198 valence electrons. The molecule has 1 saturated heterocycles. The summed E-state index contributed by atoms with van der Waals surface area (Å²) < 4.78 is 10.9. The molecule has 1 aromatic carbocycles. The van der Waals surface area contributed by atoms with Gasteiger partial charge < -0.3 is 25.0 Å². The van der Waals surface area contributed by atoms with Gasteiger partial charge in [0.1, 0.15) is 6.17 Å². The summed E-state index contributed by atoms with van der Waals surface area (Å²) in [7, 11) is 1.64. The van der Waals surface area contributed by atoms with Crippen molar-refractivity contribution in [3.8, 4) is 0 Å². The van der Waals surface area contributed by atoms with Crippen molar-refractivity contribution < 1.29 is 19.1 Å². The van der Waals surface area contributed by atoms with Crippen LogP contribution in [0.25, 0.3) is 0 Å². The van der Waals surface area contributed by atoms with Gasteiger partial charge >= 0.3 is 6.09 Å². The molecule has 36 heavy (non-hydrogen) atoms. The predicted octanol–water partition coefficient (Wildman–Crippen LogP) is 2.07. The third-order valence-corrected chi connectivity index (χ3v) is 6.79. The zero-order valence-corrected chi connectivity index (χ0v) is 21.7. The number of hydrazine groups is 2. The molecular weight excluding hydrogens is 460 g/mol. The predicted molar refractivity (Wildman–Crippen MR) is 137 cm³/mol. The maximum absolute atomic E-state index is 13.4. The van der Waals surface area contributed by atoms with Crippen LogP contribution >= 0.6 is 0 Å². The Hall–Kier alpha value is -2.50. The summed E-state index contributed by atoms with van der Waals surface area (Å²) in [6.45, 7) is 8.42. The minimum absolute atomic E-state index is 0.000991. The molecule has 0 saturated carbocycles. The van der Waals surface area contributed by atoms with Gasteiger partial charge in [0.2, 0.25) is 0 Å². The first-order valence-corrected chi connectivity index (χ1v) is 13.1. The van der Waals surface area contributed by atoms with Gasteiger partial charge in [0.05, 0.1) is 13.2 Å². The molecule has 3 aliphatic rings. The van der Waals surface area contributed by atoms with Gasteiger partial charge in [0, 0.05) is 55.5 Å². The number of rotatable bonds is 10. The average molecular weight is 501 g/mol. The van der Waals surface area contributed by atoms with E-state index in [0.717, 1.165) is 43.9 Å². The highest BCUT2D eigenvalue weighted by atomic mass is 16.6. The largest absolute Gasteiger partial charge is 0.448 e. The second-order valence-corrected chi connectivity index (χ2v) is 9.66. The topological polar surface area (TPSA) is 98.4 Å². The van der Waals surface area contributed by atoms with Gasteiger partial charge in [-0.05, 0) is 51.4 Å². The van der Waals surface area contributed by atoms with Crippen molar-refractivity contribution in [1.29, 1.82) is 0 Å². The second kappa shape index (κ2) is 12.6. The van der Waals surface area contributed by atoms with E-state index in [0.29, 0.717) is 25.2 Å². The van der Waals surface area contributed by atoms with Crippen molar-refractivity contribution in [1.82, 2.24) is 31.1 Å². The van der Waals surface area contributed by atoms with Gasteiger partial charge in [-0.15, -0.1) is 5.12 Å². The molecule has 10 heteroatoms. The number of nitrogens with zero attached hydrogens (tertiary/aromatic N) is 3. The number of likely N-dealkylation sites (tertiary alicyclic amines) is 1. The van der Waals surface area contributed by atoms with Crippen LogP contribution in [0.5, 0.6) is 0 Å². The minimum atomic E-state index is -0.568. The van der Waals surface area contributed by atoms with Crippen molar-refractivity contribution in [3.05, 3.63) is 47.2 Å². The fraction of sp³-hybridized carbons (Fsp3) is 0.615. The molecule has 3 unspecified atom stereocenters. The first-order valence-electron chi connectivity index (χ1n) is 13.1. The van der Waals surface area contributed by atoms with E-state index >= 15 is 0 Å². The Morgan fingerprint density at radius 3 is 2.64 bits per heavy atom. The molecule has 3 aliphatic heterocycles. The SMILES string of the molecule is CCCOC(=O)N1C2=C(C(CN3CCCC3)NCC2)C(NC(=O)c2ccccc2)N1NC(C)COC. The van der Waals surface area contributed by atoms with Crippen molar-refractivity contribution >= 4 is 12.0 Å². The van der Waals surface area contributed by atoms with E-state index in [1.165, 1.54) is 12.8 Å². The molecule has 10 nitrogen and oxygen atoms in total. The highest BCUT2D eigenvalue weighted by molar-refractivity contribution is 5.94. The first-order chi connectivity index (χ1) is 17.5. The van der Waals surface area contributed by atoms with Crippen molar-refractivity contribution in [2.75, 3.05) is 46.5 Å². The summed E-state index contributed by atoms with van der Waals surface area (Å²) >= 11 is 0. The summed E-state index contributed by atoms with van der Waals surface area (Å²) in [5.41, 5.74) is 5.85. The van der Waals surface area contributed by atoms with E-state index in [2.05, 4.69) is 21.0 Å². The Bertz CT molecular complexity index is 920. The van der Waals surface area contributed by atoms with E-state index in [4.69, 9.17) is 9.47 Å². The van der Waals surface area contributed by atoms with Gasteiger partial charge in [-0.2, -0.15) is 5.01 Å². The third kappa shape index (κ3) is 6.07. The van der Waals surface area contributed by atoms with Gasteiger partial charge in [0.25, 0.3) is 5.91 Å². The molecule has 0 bridgehead atoms. The van der Waals surface area contributed by atoms with Crippen LogP contribution in [0.2, 0.25) is 0 Å². The van der Waals surface area contributed by atoms with Crippen LogP contribution in [0.3, 0.4) is 0 Å². The van der Waals surface area contributed by atoms with Gasteiger partial charge in [-0.1, -0.05) is 25.1 Å². The van der Waals surface area contributed by atoms with Crippen LogP contribution in [0.1, 0.15) is 49.9 Å². The summed E-state index contributed by atoms with van der Waals surface area (Å²) in [4.78, 5) is 29.2. The summed E-state index contributed by atoms with van der Waals surface area (Å²) in [6.07, 6.45) is 2.77. The van der Waals surface area contributed by atoms with Crippen LogP contribution in [0.4, 0.5) is 4.79 Å². The molecule has 0 aliphatic carbocycles. The van der Waals surface area contributed by atoms with E-state index in [9.17, 15) is 9.59 Å². The Labute approximate surface area is 213 Å². The third-order valence-electron chi connectivity index (χ3n) is 6.79. The van der Waals surface area contributed by atoms with E-state index < -0.39 is 12.3 Å². The van der Waals surface area contributed by atoms with Gasteiger partial charge in [-0.25, -0.2) is 10.2 Å². The molecule has 3 heterocycles.